The van der Waals surface area contributed by atoms with Gasteiger partial charge < -0.3 is 5.32 Å². The summed E-state index contributed by atoms with van der Waals surface area (Å²) in [4.78, 5) is 0. The average Bonchev–Trinajstić information content (AvgIpc) is 2.17. The van der Waals surface area contributed by atoms with E-state index >= 15 is 0 Å². The van der Waals surface area contributed by atoms with E-state index in [1.165, 1.54) is 22.9 Å². The molecular weight excluding hydrogens is 274 g/mol. The van der Waals surface area contributed by atoms with Crippen LogP contribution in [0, 0.1) is 5.41 Å². The summed E-state index contributed by atoms with van der Waals surface area (Å²) in [6.07, 6.45) is 2.54. The maximum absolute atomic E-state index is 3.70. The molecule has 0 amide bonds. The topological polar surface area (TPSA) is 12.0 Å². The van der Waals surface area contributed by atoms with Gasteiger partial charge in [-0.25, -0.2) is 0 Å². The summed E-state index contributed by atoms with van der Waals surface area (Å²) < 4.78 is 1.26. The lowest BCUT2D eigenvalue weighted by Crippen LogP contribution is -2.57. The van der Waals surface area contributed by atoms with Gasteiger partial charge in [0.15, 0.2) is 0 Å². The van der Waals surface area contributed by atoms with E-state index in [-0.39, 0.29) is 0 Å². The molecule has 0 spiro atoms. The molecule has 17 heavy (non-hydrogen) atoms. The van der Waals surface area contributed by atoms with Crippen LogP contribution in [0.3, 0.4) is 0 Å². The SMILES string of the molecule is CC(C)(C)CCC1(c2ccccc2Br)CNC1. The Morgan fingerprint density at radius 1 is 1.24 bits per heavy atom. The lowest BCUT2D eigenvalue weighted by atomic mass is 9.69. The van der Waals surface area contributed by atoms with Crippen molar-refractivity contribution >= 4 is 15.9 Å². The van der Waals surface area contributed by atoms with Gasteiger partial charge in [-0.3, -0.25) is 0 Å². The summed E-state index contributed by atoms with van der Waals surface area (Å²) in [5.41, 5.74) is 2.25. The molecule has 0 aromatic heterocycles. The fourth-order valence-electron chi connectivity index (χ4n) is 2.43. The highest BCUT2D eigenvalue weighted by atomic mass is 79.9. The first-order valence-corrected chi connectivity index (χ1v) is 7.18. The molecule has 2 heteroatoms. The Hall–Kier alpha value is -0.340. The largest absolute Gasteiger partial charge is 0.315 e. The van der Waals surface area contributed by atoms with Gasteiger partial charge in [0.1, 0.15) is 0 Å². The molecule has 2 rings (SSSR count). The zero-order valence-electron chi connectivity index (χ0n) is 11.0. The van der Waals surface area contributed by atoms with Crippen molar-refractivity contribution in [2.75, 3.05) is 13.1 Å². The van der Waals surface area contributed by atoms with Crippen molar-refractivity contribution in [2.45, 2.75) is 39.0 Å². The Labute approximate surface area is 113 Å². The minimum atomic E-state index is 0.355. The molecule has 0 unspecified atom stereocenters. The van der Waals surface area contributed by atoms with E-state index in [1.54, 1.807) is 0 Å². The van der Waals surface area contributed by atoms with Crippen molar-refractivity contribution in [3.8, 4) is 0 Å². The molecule has 0 atom stereocenters. The van der Waals surface area contributed by atoms with Crippen molar-refractivity contribution < 1.29 is 0 Å². The normalized spacial score (nSPS) is 18.8. The monoisotopic (exact) mass is 295 g/mol. The molecule has 1 nitrogen and oxygen atoms in total. The van der Waals surface area contributed by atoms with E-state index in [0.717, 1.165) is 13.1 Å². The summed E-state index contributed by atoms with van der Waals surface area (Å²) in [5.74, 6) is 0. The second kappa shape index (κ2) is 4.74. The molecule has 1 fully saturated rings. The molecule has 1 N–H and O–H groups in total. The molecule has 0 aliphatic carbocycles. The lowest BCUT2D eigenvalue weighted by Gasteiger charge is -2.45. The lowest BCUT2D eigenvalue weighted by molar-refractivity contribution is 0.215. The zero-order valence-corrected chi connectivity index (χ0v) is 12.6. The van der Waals surface area contributed by atoms with E-state index in [1.807, 2.05) is 0 Å². The van der Waals surface area contributed by atoms with Crippen LogP contribution in [0.25, 0.3) is 0 Å². The Morgan fingerprint density at radius 2 is 1.88 bits per heavy atom. The van der Waals surface area contributed by atoms with Gasteiger partial charge in [0.2, 0.25) is 0 Å². The third-order valence-electron chi connectivity index (χ3n) is 3.73. The minimum Gasteiger partial charge on any atom is -0.315 e. The maximum Gasteiger partial charge on any atom is 0.0214 e. The molecule has 1 aliphatic heterocycles. The van der Waals surface area contributed by atoms with Gasteiger partial charge in [0.25, 0.3) is 0 Å². The summed E-state index contributed by atoms with van der Waals surface area (Å²) in [5, 5.41) is 3.44. The number of nitrogens with one attached hydrogen (secondary N) is 1. The highest BCUT2D eigenvalue weighted by Crippen LogP contribution is 2.40. The predicted molar refractivity (Wildman–Crippen MR) is 77.4 cm³/mol. The standard InChI is InChI=1S/C15H22BrN/c1-14(2,3)8-9-15(10-17-11-15)12-6-4-5-7-13(12)16/h4-7,17H,8-11H2,1-3H3. The number of hydrogen-bond acceptors (Lipinski definition) is 1. The van der Waals surface area contributed by atoms with Crippen molar-refractivity contribution in [2.24, 2.45) is 5.41 Å². The Morgan fingerprint density at radius 3 is 2.35 bits per heavy atom. The van der Waals surface area contributed by atoms with Crippen LogP contribution < -0.4 is 5.32 Å². The third-order valence-corrected chi connectivity index (χ3v) is 4.42. The van der Waals surface area contributed by atoms with Gasteiger partial charge in [-0.2, -0.15) is 0 Å². The molecule has 1 aromatic carbocycles. The van der Waals surface area contributed by atoms with E-state index in [9.17, 15) is 0 Å². The zero-order chi connectivity index (χ0) is 12.5. The quantitative estimate of drug-likeness (QED) is 0.885. The second-order valence-corrected chi connectivity index (χ2v) is 7.28. The first-order chi connectivity index (χ1) is 7.93. The Bertz CT molecular complexity index is 388. The van der Waals surface area contributed by atoms with Gasteiger partial charge in [0, 0.05) is 23.0 Å². The number of rotatable bonds is 3. The van der Waals surface area contributed by atoms with Crippen LogP contribution in [-0.4, -0.2) is 13.1 Å². The fraction of sp³-hybridized carbons (Fsp3) is 0.600. The van der Waals surface area contributed by atoms with Crippen molar-refractivity contribution in [3.63, 3.8) is 0 Å². The molecule has 1 aliphatic rings. The van der Waals surface area contributed by atoms with Gasteiger partial charge in [-0.15, -0.1) is 0 Å². The fourth-order valence-corrected chi connectivity index (χ4v) is 3.14. The molecule has 0 saturated carbocycles. The molecule has 1 saturated heterocycles. The second-order valence-electron chi connectivity index (χ2n) is 6.42. The summed E-state index contributed by atoms with van der Waals surface area (Å²) in [6, 6.07) is 8.68. The summed E-state index contributed by atoms with van der Waals surface area (Å²) in [7, 11) is 0. The smallest absolute Gasteiger partial charge is 0.0214 e. The van der Waals surface area contributed by atoms with Crippen LogP contribution in [0.1, 0.15) is 39.2 Å². The highest BCUT2D eigenvalue weighted by Gasteiger charge is 2.40. The molecule has 94 valence electrons. The predicted octanol–water partition coefficient (Wildman–Crippen LogP) is 4.12. The molecule has 1 heterocycles. The Kier molecular flexibility index (Phi) is 3.65. The highest BCUT2D eigenvalue weighted by molar-refractivity contribution is 9.10. The Balaban J connectivity index is 2.18. The van der Waals surface area contributed by atoms with E-state index in [2.05, 4.69) is 66.3 Å². The van der Waals surface area contributed by atoms with E-state index in [0.29, 0.717) is 10.8 Å². The average molecular weight is 296 g/mol. The summed E-state index contributed by atoms with van der Waals surface area (Å²) >= 11 is 3.70. The van der Waals surface area contributed by atoms with Crippen molar-refractivity contribution in [1.29, 1.82) is 0 Å². The molecule has 0 bridgehead atoms. The first kappa shape index (κ1) is 13.1. The number of halogens is 1. The van der Waals surface area contributed by atoms with Gasteiger partial charge in [-0.1, -0.05) is 54.9 Å². The van der Waals surface area contributed by atoms with Gasteiger partial charge >= 0.3 is 0 Å². The number of hydrogen-bond donors (Lipinski definition) is 1. The number of benzene rings is 1. The van der Waals surface area contributed by atoms with Crippen molar-refractivity contribution in [3.05, 3.63) is 34.3 Å². The van der Waals surface area contributed by atoms with Gasteiger partial charge in [0.05, 0.1) is 0 Å². The van der Waals surface area contributed by atoms with Crippen LogP contribution in [0.15, 0.2) is 28.7 Å². The maximum atomic E-state index is 3.70. The first-order valence-electron chi connectivity index (χ1n) is 6.39. The van der Waals surface area contributed by atoms with E-state index in [4.69, 9.17) is 0 Å². The van der Waals surface area contributed by atoms with Gasteiger partial charge in [-0.05, 0) is 29.9 Å². The van der Waals surface area contributed by atoms with Crippen LogP contribution in [0.4, 0.5) is 0 Å². The van der Waals surface area contributed by atoms with Crippen LogP contribution in [-0.2, 0) is 5.41 Å². The van der Waals surface area contributed by atoms with E-state index < -0.39 is 0 Å². The summed E-state index contributed by atoms with van der Waals surface area (Å²) in [6.45, 7) is 9.21. The van der Waals surface area contributed by atoms with Crippen molar-refractivity contribution in [1.82, 2.24) is 5.32 Å². The van der Waals surface area contributed by atoms with Crippen LogP contribution >= 0.6 is 15.9 Å². The van der Waals surface area contributed by atoms with Crippen LogP contribution in [0.2, 0.25) is 0 Å². The molecule has 0 radical (unpaired) electrons. The third kappa shape index (κ3) is 2.92. The minimum absolute atomic E-state index is 0.355. The van der Waals surface area contributed by atoms with Crippen LogP contribution in [0.5, 0.6) is 0 Å². The molecule has 1 aromatic rings. The molecular formula is C15H22BrN.